The molecule has 1 aliphatic heterocycles. The van der Waals surface area contributed by atoms with E-state index in [2.05, 4.69) is 24.8 Å². The van der Waals surface area contributed by atoms with Crippen LogP contribution in [0.15, 0.2) is 6.33 Å². The van der Waals surface area contributed by atoms with E-state index in [0.717, 1.165) is 37.3 Å². The van der Waals surface area contributed by atoms with Gasteiger partial charge in [-0.1, -0.05) is 0 Å². The van der Waals surface area contributed by atoms with E-state index in [-0.39, 0.29) is 18.7 Å². The summed E-state index contributed by atoms with van der Waals surface area (Å²) in [6.07, 6.45) is 3.60. The standard InChI is InChI=1S/C12H18N6O2/c13-12-16-10-9(14-7-15-10)11(17-12)18-3-1-8(2-4-18)20-6-5-19/h7-8,19H,1-6H2,(H3,13,14,15,16,17). The van der Waals surface area contributed by atoms with Crippen molar-refractivity contribution < 1.29 is 9.84 Å². The van der Waals surface area contributed by atoms with Gasteiger partial charge < -0.3 is 25.5 Å². The summed E-state index contributed by atoms with van der Waals surface area (Å²) in [4.78, 5) is 17.8. The summed E-state index contributed by atoms with van der Waals surface area (Å²) in [5.74, 6) is 1.03. The van der Waals surface area contributed by atoms with Gasteiger partial charge in [0, 0.05) is 13.1 Å². The highest BCUT2D eigenvalue weighted by atomic mass is 16.5. The molecule has 0 aliphatic carbocycles. The fourth-order valence-electron chi connectivity index (χ4n) is 2.52. The molecule has 0 atom stereocenters. The van der Waals surface area contributed by atoms with Crippen molar-refractivity contribution in [3.63, 3.8) is 0 Å². The predicted molar refractivity (Wildman–Crippen MR) is 74.4 cm³/mol. The van der Waals surface area contributed by atoms with E-state index in [4.69, 9.17) is 15.6 Å². The van der Waals surface area contributed by atoms with Gasteiger partial charge in [-0.25, -0.2) is 4.98 Å². The number of H-pyrrole nitrogens is 1. The second kappa shape index (κ2) is 5.59. The molecule has 1 saturated heterocycles. The average Bonchev–Trinajstić information content (AvgIpc) is 2.93. The van der Waals surface area contributed by atoms with Crippen molar-refractivity contribution in [2.24, 2.45) is 0 Å². The molecule has 108 valence electrons. The molecule has 3 heterocycles. The minimum absolute atomic E-state index is 0.0669. The zero-order chi connectivity index (χ0) is 13.9. The van der Waals surface area contributed by atoms with Crippen LogP contribution in [0, 0.1) is 0 Å². The molecular formula is C12H18N6O2. The monoisotopic (exact) mass is 278 g/mol. The number of hydrogen-bond acceptors (Lipinski definition) is 7. The number of nitrogen functional groups attached to an aromatic ring is 1. The van der Waals surface area contributed by atoms with Crippen LogP contribution in [0.25, 0.3) is 11.2 Å². The van der Waals surface area contributed by atoms with Crippen LogP contribution in [0.2, 0.25) is 0 Å². The Labute approximate surface area is 116 Å². The highest BCUT2D eigenvalue weighted by Gasteiger charge is 2.23. The molecule has 0 amide bonds. The average molecular weight is 278 g/mol. The Morgan fingerprint density at radius 2 is 2.20 bits per heavy atom. The van der Waals surface area contributed by atoms with Gasteiger partial charge in [-0.15, -0.1) is 0 Å². The van der Waals surface area contributed by atoms with Crippen molar-refractivity contribution in [2.75, 3.05) is 36.9 Å². The number of nitrogens with two attached hydrogens (primary N) is 1. The Hall–Kier alpha value is -1.93. The molecule has 2 aromatic rings. The molecule has 0 aromatic carbocycles. The summed E-state index contributed by atoms with van der Waals surface area (Å²) >= 11 is 0. The number of imidazole rings is 1. The zero-order valence-electron chi connectivity index (χ0n) is 11.1. The maximum Gasteiger partial charge on any atom is 0.224 e. The van der Waals surface area contributed by atoms with Gasteiger partial charge in [0.05, 0.1) is 25.6 Å². The Balaban J connectivity index is 1.75. The Kier molecular flexibility index (Phi) is 3.66. The van der Waals surface area contributed by atoms with Crippen LogP contribution in [0.4, 0.5) is 11.8 Å². The maximum atomic E-state index is 8.77. The minimum atomic E-state index is 0.0669. The van der Waals surface area contributed by atoms with Crippen LogP contribution in [0.1, 0.15) is 12.8 Å². The summed E-state index contributed by atoms with van der Waals surface area (Å²) in [6, 6.07) is 0. The summed E-state index contributed by atoms with van der Waals surface area (Å²) in [7, 11) is 0. The second-order valence-electron chi connectivity index (χ2n) is 4.79. The molecule has 20 heavy (non-hydrogen) atoms. The van der Waals surface area contributed by atoms with Crippen molar-refractivity contribution in [1.82, 2.24) is 19.9 Å². The van der Waals surface area contributed by atoms with Gasteiger partial charge in [0.15, 0.2) is 11.5 Å². The molecule has 2 aromatic heterocycles. The molecule has 8 heteroatoms. The largest absolute Gasteiger partial charge is 0.394 e. The number of nitrogens with zero attached hydrogens (tertiary/aromatic N) is 4. The van der Waals surface area contributed by atoms with Crippen LogP contribution < -0.4 is 10.6 Å². The Morgan fingerprint density at radius 3 is 2.95 bits per heavy atom. The first-order chi connectivity index (χ1) is 9.78. The van der Waals surface area contributed by atoms with Crippen LogP contribution in [-0.2, 0) is 4.74 Å². The van der Waals surface area contributed by atoms with E-state index in [0.29, 0.717) is 12.3 Å². The van der Waals surface area contributed by atoms with Crippen molar-refractivity contribution >= 4 is 22.9 Å². The SMILES string of the molecule is Nc1nc(N2CCC(OCCO)CC2)c2[nH]cnc2n1. The maximum absolute atomic E-state index is 8.77. The lowest BCUT2D eigenvalue weighted by Crippen LogP contribution is -2.38. The summed E-state index contributed by atoms with van der Waals surface area (Å²) in [5.41, 5.74) is 7.13. The number of aliphatic hydroxyl groups excluding tert-OH is 1. The van der Waals surface area contributed by atoms with Gasteiger partial charge in [0.25, 0.3) is 0 Å². The Morgan fingerprint density at radius 1 is 1.40 bits per heavy atom. The molecule has 0 spiro atoms. The lowest BCUT2D eigenvalue weighted by Gasteiger charge is -2.32. The number of aromatic amines is 1. The number of aromatic nitrogens is 4. The molecule has 1 aliphatic rings. The van der Waals surface area contributed by atoms with Crippen molar-refractivity contribution in [1.29, 1.82) is 0 Å². The van der Waals surface area contributed by atoms with Crippen molar-refractivity contribution in [2.45, 2.75) is 18.9 Å². The third-order valence-corrected chi connectivity index (χ3v) is 3.47. The zero-order valence-corrected chi connectivity index (χ0v) is 11.1. The minimum Gasteiger partial charge on any atom is -0.394 e. The van der Waals surface area contributed by atoms with E-state index in [1.807, 2.05) is 0 Å². The first kappa shape index (κ1) is 13.1. The van der Waals surface area contributed by atoms with Crippen LogP contribution >= 0.6 is 0 Å². The molecule has 4 N–H and O–H groups in total. The number of nitrogens with one attached hydrogen (secondary N) is 1. The van der Waals surface area contributed by atoms with E-state index in [1.165, 1.54) is 0 Å². The van der Waals surface area contributed by atoms with E-state index >= 15 is 0 Å². The number of aliphatic hydroxyl groups is 1. The lowest BCUT2D eigenvalue weighted by molar-refractivity contribution is 0.0158. The second-order valence-corrected chi connectivity index (χ2v) is 4.79. The summed E-state index contributed by atoms with van der Waals surface area (Å²) in [6.45, 7) is 2.13. The number of anilines is 2. The van der Waals surface area contributed by atoms with Crippen molar-refractivity contribution in [3.05, 3.63) is 6.33 Å². The normalized spacial score (nSPS) is 16.9. The quantitative estimate of drug-likeness (QED) is 0.716. The van der Waals surface area contributed by atoms with Gasteiger partial charge in [-0.2, -0.15) is 9.97 Å². The molecule has 0 radical (unpaired) electrons. The van der Waals surface area contributed by atoms with E-state index in [9.17, 15) is 0 Å². The van der Waals surface area contributed by atoms with Crippen LogP contribution in [-0.4, -0.2) is 57.4 Å². The molecular weight excluding hydrogens is 260 g/mol. The number of rotatable bonds is 4. The predicted octanol–water partition coefficient (Wildman–Crippen LogP) is -0.0872. The van der Waals surface area contributed by atoms with E-state index < -0.39 is 0 Å². The molecule has 1 fully saturated rings. The molecule has 0 saturated carbocycles. The lowest BCUT2D eigenvalue weighted by atomic mass is 10.1. The topological polar surface area (TPSA) is 113 Å². The fourth-order valence-corrected chi connectivity index (χ4v) is 2.52. The third kappa shape index (κ3) is 2.52. The van der Waals surface area contributed by atoms with Gasteiger partial charge in [-0.3, -0.25) is 0 Å². The summed E-state index contributed by atoms with van der Waals surface area (Å²) < 4.78 is 5.56. The van der Waals surface area contributed by atoms with E-state index in [1.54, 1.807) is 6.33 Å². The smallest absolute Gasteiger partial charge is 0.224 e. The van der Waals surface area contributed by atoms with Gasteiger partial charge >= 0.3 is 0 Å². The van der Waals surface area contributed by atoms with Crippen molar-refractivity contribution in [3.8, 4) is 0 Å². The molecule has 3 rings (SSSR count). The highest BCUT2D eigenvalue weighted by molar-refractivity contribution is 5.84. The first-order valence-corrected chi connectivity index (χ1v) is 6.72. The third-order valence-electron chi connectivity index (χ3n) is 3.47. The highest BCUT2D eigenvalue weighted by Crippen LogP contribution is 2.25. The van der Waals surface area contributed by atoms with Gasteiger partial charge in [-0.05, 0) is 12.8 Å². The van der Waals surface area contributed by atoms with Crippen LogP contribution in [0.3, 0.4) is 0 Å². The number of piperidine rings is 1. The summed E-state index contributed by atoms with van der Waals surface area (Å²) in [5, 5.41) is 8.77. The molecule has 0 bridgehead atoms. The number of fused-ring (bicyclic) bond motifs is 1. The van der Waals surface area contributed by atoms with Gasteiger partial charge in [0.1, 0.15) is 5.52 Å². The number of ether oxygens (including phenoxy) is 1. The van der Waals surface area contributed by atoms with Crippen LogP contribution in [0.5, 0.6) is 0 Å². The number of hydrogen-bond donors (Lipinski definition) is 3. The van der Waals surface area contributed by atoms with Gasteiger partial charge in [0.2, 0.25) is 5.95 Å². The molecule has 0 unspecified atom stereocenters. The fraction of sp³-hybridized carbons (Fsp3) is 0.583. The Bertz CT molecular complexity index is 578. The molecule has 8 nitrogen and oxygen atoms in total. The first-order valence-electron chi connectivity index (χ1n) is 6.72.